The number of carbonyl (C=O) groups excluding carboxylic acids is 1. The maximum atomic E-state index is 13.8. The quantitative estimate of drug-likeness (QED) is 0.337. The van der Waals surface area contributed by atoms with Crippen LogP contribution >= 0.6 is 23.2 Å². The molecule has 3 aromatic carbocycles. The van der Waals surface area contributed by atoms with E-state index in [1.165, 1.54) is 25.9 Å². The molecule has 0 aliphatic rings. The Kier molecular flexibility index (Phi) is 6.31. The van der Waals surface area contributed by atoms with E-state index in [0.717, 1.165) is 0 Å². The highest BCUT2D eigenvalue weighted by molar-refractivity contribution is 6.42. The molecule has 0 amide bonds. The summed E-state index contributed by atoms with van der Waals surface area (Å²) in [5.41, 5.74) is 1.15. The summed E-state index contributed by atoms with van der Waals surface area (Å²) in [5, 5.41) is 1.46. The first-order valence-electron chi connectivity index (χ1n) is 9.85. The van der Waals surface area contributed by atoms with Gasteiger partial charge in [0.2, 0.25) is 0 Å². The van der Waals surface area contributed by atoms with Crippen LogP contribution in [0, 0.1) is 0 Å². The van der Waals surface area contributed by atoms with Gasteiger partial charge in [0, 0.05) is 16.6 Å². The molecule has 33 heavy (non-hydrogen) atoms. The summed E-state index contributed by atoms with van der Waals surface area (Å²) in [7, 11) is 4.25. The SMILES string of the molecule is COC(=O)c1c(-c2ccc(Cl)c(Cl)c2)c2cc(OC)c(OC)cc2c(=O)n1-c1ccccc1. The van der Waals surface area contributed by atoms with Crippen molar-refractivity contribution in [1.82, 2.24) is 4.57 Å². The minimum absolute atomic E-state index is 0.0480. The average Bonchev–Trinajstić information content (AvgIpc) is 2.84. The van der Waals surface area contributed by atoms with E-state index in [4.69, 9.17) is 37.4 Å². The smallest absolute Gasteiger partial charge is 0.355 e. The van der Waals surface area contributed by atoms with Gasteiger partial charge in [0.15, 0.2) is 11.5 Å². The fourth-order valence-electron chi connectivity index (χ4n) is 3.78. The van der Waals surface area contributed by atoms with Crippen LogP contribution in [0.5, 0.6) is 11.5 Å². The first-order chi connectivity index (χ1) is 15.9. The van der Waals surface area contributed by atoms with Crippen molar-refractivity contribution >= 4 is 39.9 Å². The van der Waals surface area contributed by atoms with Gasteiger partial charge in [-0.05, 0) is 42.0 Å². The molecule has 168 valence electrons. The Bertz CT molecular complexity index is 1430. The number of methoxy groups -OCH3 is 3. The van der Waals surface area contributed by atoms with Gasteiger partial charge in [0.25, 0.3) is 5.56 Å². The third kappa shape index (κ3) is 3.92. The van der Waals surface area contributed by atoms with Gasteiger partial charge in [0.05, 0.1) is 36.8 Å². The molecule has 0 bridgehead atoms. The predicted molar refractivity (Wildman–Crippen MR) is 129 cm³/mol. The molecule has 0 aliphatic carbocycles. The summed E-state index contributed by atoms with van der Waals surface area (Å²) in [5.74, 6) is 0.0975. The number of carbonyl (C=O) groups is 1. The largest absolute Gasteiger partial charge is 0.493 e. The van der Waals surface area contributed by atoms with E-state index in [9.17, 15) is 9.59 Å². The molecule has 0 unspecified atom stereocenters. The van der Waals surface area contributed by atoms with Crippen LogP contribution in [-0.4, -0.2) is 31.9 Å². The van der Waals surface area contributed by atoms with Crippen LogP contribution in [0.1, 0.15) is 10.5 Å². The normalized spacial score (nSPS) is 10.8. The average molecular weight is 484 g/mol. The first kappa shape index (κ1) is 22.7. The maximum Gasteiger partial charge on any atom is 0.355 e. The number of para-hydroxylation sites is 1. The number of pyridine rings is 1. The highest BCUT2D eigenvalue weighted by Crippen LogP contribution is 2.39. The van der Waals surface area contributed by atoms with E-state index >= 15 is 0 Å². The van der Waals surface area contributed by atoms with Crippen LogP contribution in [-0.2, 0) is 4.74 Å². The lowest BCUT2D eigenvalue weighted by Crippen LogP contribution is -2.27. The van der Waals surface area contributed by atoms with Crippen LogP contribution in [0.25, 0.3) is 27.6 Å². The minimum atomic E-state index is -0.686. The third-order valence-corrected chi connectivity index (χ3v) is 6.03. The summed E-state index contributed by atoms with van der Waals surface area (Å²) >= 11 is 12.5. The number of aromatic nitrogens is 1. The fraction of sp³-hybridized carbons (Fsp3) is 0.120. The van der Waals surface area contributed by atoms with Crippen molar-refractivity contribution in [2.24, 2.45) is 0 Å². The minimum Gasteiger partial charge on any atom is -0.493 e. The van der Waals surface area contributed by atoms with Crippen LogP contribution in [0.2, 0.25) is 10.0 Å². The van der Waals surface area contributed by atoms with Crippen molar-refractivity contribution in [2.75, 3.05) is 21.3 Å². The molecule has 0 aliphatic heterocycles. The van der Waals surface area contributed by atoms with Gasteiger partial charge in [-0.1, -0.05) is 47.5 Å². The van der Waals surface area contributed by atoms with Gasteiger partial charge in [-0.2, -0.15) is 0 Å². The van der Waals surface area contributed by atoms with E-state index < -0.39 is 11.5 Å². The molecule has 1 heterocycles. The highest BCUT2D eigenvalue weighted by Gasteiger charge is 2.26. The van der Waals surface area contributed by atoms with Crippen LogP contribution in [0.3, 0.4) is 0 Å². The molecular weight excluding hydrogens is 465 g/mol. The number of ether oxygens (including phenoxy) is 3. The lowest BCUT2D eigenvalue weighted by Gasteiger charge is -2.20. The number of halogens is 2. The van der Waals surface area contributed by atoms with Crippen LogP contribution < -0.4 is 15.0 Å². The van der Waals surface area contributed by atoms with Gasteiger partial charge < -0.3 is 14.2 Å². The Morgan fingerprint density at radius 3 is 2.03 bits per heavy atom. The summed E-state index contributed by atoms with van der Waals surface area (Å²) in [6, 6.07) is 17.1. The second-order valence-corrected chi connectivity index (χ2v) is 7.89. The summed E-state index contributed by atoms with van der Waals surface area (Å²) < 4.78 is 17.3. The molecule has 0 fully saturated rings. The second kappa shape index (κ2) is 9.17. The summed E-state index contributed by atoms with van der Waals surface area (Å²) in [6.07, 6.45) is 0. The van der Waals surface area contributed by atoms with E-state index in [0.29, 0.717) is 49.1 Å². The molecule has 0 saturated carbocycles. The van der Waals surface area contributed by atoms with E-state index in [2.05, 4.69) is 0 Å². The molecule has 1 aromatic heterocycles. The molecule has 8 heteroatoms. The van der Waals surface area contributed by atoms with Gasteiger partial charge >= 0.3 is 5.97 Å². The van der Waals surface area contributed by atoms with E-state index in [1.54, 1.807) is 54.6 Å². The molecule has 0 radical (unpaired) electrons. The van der Waals surface area contributed by atoms with Crippen molar-refractivity contribution < 1.29 is 19.0 Å². The molecule has 0 N–H and O–H groups in total. The van der Waals surface area contributed by atoms with E-state index in [1.807, 2.05) is 6.07 Å². The van der Waals surface area contributed by atoms with Gasteiger partial charge in [-0.15, -0.1) is 0 Å². The lowest BCUT2D eigenvalue weighted by atomic mass is 9.95. The Labute approximate surface area is 199 Å². The first-order valence-corrected chi connectivity index (χ1v) is 10.6. The highest BCUT2D eigenvalue weighted by atomic mass is 35.5. The zero-order valence-electron chi connectivity index (χ0n) is 18.0. The second-order valence-electron chi connectivity index (χ2n) is 7.07. The molecule has 4 aromatic rings. The molecule has 0 saturated heterocycles. The third-order valence-electron chi connectivity index (χ3n) is 5.29. The van der Waals surface area contributed by atoms with Gasteiger partial charge in [-0.25, -0.2) is 4.79 Å². The monoisotopic (exact) mass is 483 g/mol. The number of hydrogen-bond donors (Lipinski definition) is 0. The number of nitrogens with zero attached hydrogens (tertiary/aromatic N) is 1. The molecule has 4 rings (SSSR count). The predicted octanol–water partition coefficient (Wildman–Crippen LogP) is 5.77. The summed E-state index contributed by atoms with van der Waals surface area (Å²) in [4.78, 5) is 26.9. The van der Waals surface area contributed by atoms with Gasteiger partial charge in [0.1, 0.15) is 5.69 Å². The van der Waals surface area contributed by atoms with Crippen molar-refractivity contribution in [1.29, 1.82) is 0 Å². The lowest BCUT2D eigenvalue weighted by molar-refractivity contribution is 0.0591. The summed E-state index contributed by atoms with van der Waals surface area (Å²) in [6.45, 7) is 0. The fourth-order valence-corrected chi connectivity index (χ4v) is 4.08. The maximum absolute atomic E-state index is 13.8. The number of hydrogen-bond acceptors (Lipinski definition) is 5. The van der Waals surface area contributed by atoms with Gasteiger partial charge in [-0.3, -0.25) is 9.36 Å². The van der Waals surface area contributed by atoms with Crippen molar-refractivity contribution in [3.05, 3.63) is 86.8 Å². The standard InChI is InChI=1S/C25H19Cl2NO5/c1-31-20-12-16-17(13-21(20)32-2)24(29)28(15-7-5-4-6-8-15)23(25(30)33-3)22(16)14-9-10-18(26)19(27)11-14/h4-13H,1-3H3. The van der Waals surface area contributed by atoms with Crippen molar-refractivity contribution in [3.63, 3.8) is 0 Å². The molecular formula is C25H19Cl2NO5. The number of esters is 1. The number of benzene rings is 3. The Hall–Kier alpha value is -3.48. The Morgan fingerprint density at radius 2 is 1.45 bits per heavy atom. The van der Waals surface area contributed by atoms with Crippen molar-refractivity contribution in [2.45, 2.75) is 0 Å². The zero-order chi connectivity index (χ0) is 23.7. The van der Waals surface area contributed by atoms with Crippen molar-refractivity contribution in [3.8, 4) is 28.3 Å². The number of rotatable bonds is 5. The molecule has 0 spiro atoms. The molecule has 0 atom stereocenters. The number of fused-ring (bicyclic) bond motifs is 1. The van der Waals surface area contributed by atoms with Crippen LogP contribution in [0.15, 0.2) is 65.5 Å². The molecule has 6 nitrogen and oxygen atoms in total. The van der Waals surface area contributed by atoms with Crippen LogP contribution in [0.4, 0.5) is 0 Å². The Balaban J connectivity index is 2.29. The van der Waals surface area contributed by atoms with E-state index in [-0.39, 0.29) is 5.69 Å². The topological polar surface area (TPSA) is 66.8 Å². The Morgan fingerprint density at radius 1 is 0.818 bits per heavy atom. The zero-order valence-corrected chi connectivity index (χ0v) is 19.5.